The summed E-state index contributed by atoms with van der Waals surface area (Å²) >= 11 is 0. The first-order valence-electron chi connectivity index (χ1n) is 8.50. The van der Waals surface area contributed by atoms with Crippen molar-refractivity contribution in [2.24, 2.45) is 0 Å². The van der Waals surface area contributed by atoms with E-state index in [0.717, 1.165) is 35.1 Å². The maximum atomic E-state index is 10.9. The van der Waals surface area contributed by atoms with Gasteiger partial charge in [0.05, 0.1) is 24.0 Å². The summed E-state index contributed by atoms with van der Waals surface area (Å²) in [5.74, 6) is 0.573. The van der Waals surface area contributed by atoms with Gasteiger partial charge in [0.25, 0.3) is 5.52 Å². The van der Waals surface area contributed by atoms with E-state index in [1.165, 1.54) is 17.7 Å². The van der Waals surface area contributed by atoms with Crippen molar-refractivity contribution in [3.8, 4) is 11.5 Å². The number of aromatic hydroxyl groups is 2. The quantitative estimate of drug-likeness (QED) is 0.689. The van der Waals surface area contributed by atoms with E-state index in [9.17, 15) is 10.2 Å². The minimum atomic E-state index is 0.0256. The van der Waals surface area contributed by atoms with Gasteiger partial charge < -0.3 is 15.1 Å². The highest BCUT2D eigenvalue weighted by Gasteiger charge is 2.32. The molecule has 0 saturated carbocycles. The number of rotatable bonds is 3. The normalized spacial score (nSPS) is 16.5. The highest BCUT2D eigenvalue weighted by molar-refractivity contribution is 5.82. The summed E-state index contributed by atoms with van der Waals surface area (Å²) in [7, 11) is 0. The third-order valence-electron chi connectivity index (χ3n) is 5.01. The number of quaternary nitrogens is 1. The van der Waals surface area contributed by atoms with Gasteiger partial charge in [0.15, 0.2) is 11.9 Å². The average Bonchev–Trinajstić information content (AvgIpc) is 3.12. The first kappa shape index (κ1) is 15.0. The van der Waals surface area contributed by atoms with Crippen LogP contribution in [-0.4, -0.2) is 23.3 Å². The van der Waals surface area contributed by atoms with Crippen molar-refractivity contribution in [1.29, 1.82) is 0 Å². The minimum absolute atomic E-state index is 0.0256. The Morgan fingerprint density at radius 3 is 2.58 bits per heavy atom. The first-order chi connectivity index (χ1) is 11.7. The Morgan fingerprint density at radius 1 is 0.958 bits per heavy atom. The second kappa shape index (κ2) is 6.13. The molecule has 4 heteroatoms. The smallest absolute Gasteiger partial charge is 0.253 e. The summed E-state index contributed by atoms with van der Waals surface area (Å²) in [4.78, 5) is 4.60. The van der Waals surface area contributed by atoms with Gasteiger partial charge in [-0.15, -0.1) is 0 Å². The molecule has 3 aromatic rings. The van der Waals surface area contributed by atoms with Crippen molar-refractivity contribution in [2.45, 2.75) is 18.9 Å². The summed E-state index contributed by atoms with van der Waals surface area (Å²) in [6, 6.07) is 15.4. The summed E-state index contributed by atoms with van der Waals surface area (Å²) in [6.07, 6.45) is 4.23. The highest BCUT2D eigenvalue weighted by atomic mass is 16.3. The number of fused-ring (bicyclic) bond motifs is 1. The fourth-order valence-electron chi connectivity index (χ4n) is 3.89. The van der Waals surface area contributed by atoms with Crippen LogP contribution in [0.4, 0.5) is 0 Å². The molecule has 1 saturated heterocycles. The Kier molecular flexibility index (Phi) is 3.82. The Morgan fingerprint density at radius 2 is 1.79 bits per heavy atom. The van der Waals surface area contributed by atoms with Crippen molar-refractivity contribution in [3.63, 3.8) is 0 Å². The molecule has 1 unspecified atom stereocenters. The number of aromatic amines is 1. The molecule has 1 aliphatic rings. The fourth-order valence-corrected chi connectivity index (χ4v) is 3.89. The van der Waals surface area contributed by atoms with E-state index in [2.05, 4.69) is 4.98 Å². The second-order valence-electron chi connectivity index (χ2n) is 6.53. The number of likely N-dealkylation sites (tertiary alicyclic amines) is 1. The van der Waals surface area contributed by atoms with Gasteiger partial charge in [-0.25, -0.2) is 4.98 Å². The van der Waals surface area contributed by atoms with Crippen molar-refractivity contribution in [3.05, 3.63) is 65.9 Å². The predicted molar refractivity (Wildman–Crippen MR) is 92.0 cm³/mol. The topological polar surface area (TPSA) is 59.0 Å². The number of benzene rings is 2. The van der Waals surface area contributed by atoms with Gasteiger partial charge >= 0.3 is 0 Å². The molecule has 1 aromatic heterocycles. The van der Waals surface area contributed by atoms with Gasteiger partial charge in [0.2, 0.25) is 0 Å². The molecular weight excluding hydrogens is 300 g/mol. The van der Waals surface area contributed by atoms with Crippen LogP contribution in [0.1, 0.15) is 30.0 Å². The number of aromatic nitrogens is 1. The molecule has 0 bridgehead atoms. The standard InChI is InChI=1S/C20H20N2O2/c23-16-7-3-5-15(13-16)19(22-11-1-2-12-22)17-9-8-14-6-4-10-21-18(14)20(17)24/h3-10,13,19,23-24H,1-2,11-12H2/p+2. The minimum Gasteiger partial charge on any atom is -0.508 e. The molecule has 4 N–H and O–H groups in total. The lowest BCUT2D eigenvalue weighted by molar-refractivity contribution is -0.913. The number of phenolic OH excluding ortho intramolecular Hbond substituents is 2. The molecule has 1 fully saturated rings. The van der Waals surface area contributed by atoms with Crippen molar-refractivity contribution in [2.75, 3.05) is 13.1 Å². The molecule has 24 heavy (non-hydrogen) atoms. The van der Waals surface area contributed by atoms with Crippen LogP contribution in [0, 0.1) is 0 Å². The Bertz CT molecular complexity index is 872. The van der Waals surface area contributed by atoms with Crippen LogP contribution in [0.3, 0.4) is 0 Å². The molecule has 1 aliphatic heterocycles. The van der Waals surface area contributed by atoms with Crippen molar-refractivity contribution < 1.29 is 20.1 Å². The van der Waals surface area contributed by atoms with Crippen LogP contribution in [0.15, 0.2) is 54.7 Å². The van der Waals surface area contributed by atoms with Gasteiger partial charge in [-0.1, -0.05) is 12.1 Å². The summed E-state index contributed by atoms with van der Waals surface area (Å²) in [6.45, 7) is 2.16. The lowest BCUT2D eigenvalue weighted by atomic mass is 9.95. The molecule has 4 nitrogen and oxygen atoms in total. The number of nitrogens with one attached hydrogen (secondary N) is 2. The molecule has 0 radical (unpaired) electrons. The third-order valence-corrected chi connectivity index (χ3v) is 5.01. The maximum Gasteiger partial charge on any atom is 0.253 e. The highest BCUT2D eigenvalue weighted by Crippen LogP contribution is 2.33. The number of pyridine rings is 1. The van der Waals surface area contributed by atoms with Crippen molar-refractivity contribution >= 4 is 10.9 Å². The number of phenols is 2. The van der Waals surface area contributed by atoms with Gasteiger partial charge in [0, 0.05) is 24.5 Å². The molecule has 2 aromatic carbocycles. The zero-order chi connectivity index (χ0) is 16.5. The fraction of sp³-hybridized carbons (Fsp3) is 0.250. The lowest BCUT2D eigenvalue weighted by Crippen LogP contribution is -3.10. The van der Waals surface area contributed by atoms with Crippen LogP contribution in [0.25, 0.3) is 10.9 Å². The Labute approximate surface area is 141 Å². The molecule has 122 valence electrons. The predicted octanol–water partition coefficient (Wildman–Crippen LogP) is 1.83. The maximum absolute atomic E-state index is 10.9. The summed E-state index contributed by atoms with van der Waals surface area (Å²) < 4.78 is 0. The SMILES string of the molecule is Oc1cccc(C(c2ccc3ccc[nH+]c3c2O)[NH+]2CCCC2)c1. The number of hydrogen-bond donors (Lipinski definition) is 3. The van der Waals surface area contributed by atoms with Crippen LogP contribution in [0.5, 0.6) is 11.5 Å². The Hall–Kier alpha value is -2.59. The van der Waals surface area contributed by atoms with E-state index < -0.39 is 0 Å². The van der Waals surface area contributed by atoms with E-state index >= 15 is 0 Å². The second-order valence-corrected chi connectivity index (χ2v) is 6.53. The summed E-state index contributed by atoms with van der Waals surface area (Å²) in [5.41, 5.74) is 2.71. The molecule has 0 aliphatic carbocycles. The molecule has 1 atom stereocenters. The average molecular weight is 322 g/mol. The molecule has 2 heterocycles. The van der Waals surface area contributed by atoms with E-state index in [1.807, 2.05) is 48.7 Å². The number of H-pyrrole nitrogens is 1. The van der Waals surface area contributed by atoms with Gasteiger partial charge in [0.1, 0.15) is 11.8 Å². The van der Waals surface area contributed by atoms with Gasteiger partial charge in [-0.3, -0.25) is 0 Å². The Balaban J connectivity index is 1.88. The van der Waals surface area contributed by atoms with Gasteiger partial charge in [-0.05, 0) is 30.3 Å². The van der Waals surface area contributed by atoms with Crippen LogP contribution >= 0.6 is 0 Å². The number of hydrogen-bond acceptors (Lipinski definition) is 2. The van der Waals surface area contributed by atoms with Gasteiger partial charge in [-0.2, -0.15) is 0 Å². The zero-order valence-electron chi connectivity index (χ0n) is 13.5. The van der Waals surface area contributed by atoms with Crippen LogP contribution in [0.2, 0.25) is 0 Å². The van der Waals surface area contributed by atoms with E-state index in [-0.39, 0.29) is 11.8 Å². The van der Waals surface area contributed by atoms with E-state index in [1.54, 1.807) is 6.07 Å². The molecule has 0 amide bonds. The molecule has 4 rings (SSSR count). The van der Waals surface area contributed by atoms with Crippen LogP contribution in [-0.2, 0) is 0 Å². The third kappa shape index (κ3) is 2.59. The molecule has 0 spiro atoms. The zero-order valence-corrected chi connectivity index (χ0v) is 13.5. The van der Waals surface area contributed by atoms with E-state index in [4.69, 9.17) is 0 Å². The van der Waals surface area contributed by atoms with E-state index in [0.29, 0.717) is 5.75 Å². The molecular formula is C20H22N2O2+2. The summed E-state index contributed by atoms with van der Waals surface area (Å²) in [5, 5.41) is 21.8. The first-order valence-corrected chi connectivity index (χ1v) is 8.50. The largest absolute Gasteiger partial charge is 0.508 e. The monoisotopic (exact) mass is 322 g/mol. The lowest BCUT2D eigenvalue weighted by Gasteiger charge is -2.26. The van der Waals surface area contributed by atoms with Crippen LogP contribution < -0.4 is 9.88 Å². The van der Waals surface area contributed by atoms with Crippen molar-refractivity contribution in [1.82, 2.24) is 0 Å².